The molecule has 1 heterocycles. The third kappa shape index (κ3) is 2.14. The number of rotatable bonds is 2. The second-order valence-corrected chi connectivity index (χ2v) is 5.21. The van der Waals surface area contributed by atoms with Gasteiger partial charge in [-0.05, 0) is 24.3 Å². The number of aldehydes is 1. The predicted molar refractivity (Wildman–Crippen MR) is 80.9 cm³/mol. The van der Waals surface area contributed by atoms with E-state index in [0.29, 0.717) is 26.9 Å². The van der Waals surface area contributed by atoms with Gasteiger partial charge >= 0.3 is 5.82 Å². The molecule has 7 heteroatoms. The van der Waals surface area contributed by atoms with E-state index < -0.39 is 0 Å². The Kier molecular flexibility index (Phi) is 3.40. The lowest BCUT2D eigenvalue weighted by Gasteiger charge is -2.07. The molecule has 110 valence electrons. The number of fused-ring (bicyclic) bond motifs is 1. The summed E-state index contributed by atoms with van der Waals surface area (Å²) in [6.07, 6.45) is 0.647. The van der Waals surface area contributed by atoms with E-state index in [1.54, 1.807) is 24.3 Å². The Hall–Kier alpha value is -2.70. The third-order valence-corrected chi connectivity index (χ3v) is 3.68. The summed E-state index contributed by atoms with van der Waals surface area (Å²) in [5, 5.41) is 11.0. The summed E-state index contributed by atoms with van der Waals surface area (Å²) in [7, 11) is 0. The fourth-order valence-corrected chi connectivity index (χ4v) is 2.46. The highest BCUT2D eigenvalue weighted by Gasteiger charge is 2.27. The molecule has 4 N–H and O–H groups in total. The van der Waals surface area contributed by atoms with Crippen LogP contribution in [0.25, 0.3) is 22.3 Å². The molecule has 3 aromatic rings. The minimum atomic E-state index is 0.0937. The maximum Gasteiger partial charge on any atom is 0.446 e. The van der Waals surface area contributed by atoms with E-state index in [1.165, 1.54) is 18.2 Å². The van der Waals surface area contributed by atoms with Crippen LogP contribution in [0.3, 0.4) is 0 Å². The van der Waals surface area contributed by atoms with Gasteiger partial charge in [-0.3, -0.25) is 10.5 Å². The van der Waals surface area contributed by atoms with Gasteiger partial charge in [0.05, 0.1) is 0 Å². The van der Waals surface area contributed by atoms with Crippen molar-refractivity contribution in [2.75, 3.05) is 0 Å². The lowest BCUT2D eigenvalue weighted by atomic mass is 10.1. The van der Waals surface area contributed by atoms with Crippen molar-refractivity contribution >= 4 is 34.7 Å². The van der Waals surface area contributed by atoms with Gasteiger partial charge < -0.3 is 5.21 Å². The topological polar surface area (TPSA) is 92.8 Å². The normalized spacial score (nSPS) is 10.8. The second-order valence-electron chi connectivity index (χ2n) is 4.77. The summed E-state index contributed by atoms with van der Waals surface area (Å²) < 4.78 is 1.49. The van der Waals surface area contributed by atoms with E-state index in [-0.39, 0.29) is 22.5 Å². The molecule has 0 bridgehead atoms. The number of nitrogens with zero attached hydrogens (tertiary/aromatic N) is 2. The number of hydrogen-bond acceptors (Lipinski definition) is 3. The molecule has 0 saturated carbocycles. The summed E-state index contributed by atoms with van der Waals surface area (Å²) in [6, 6.07) is 11.1. The summed E-state index contributed by atoms with van der Waals surface area (Å²) in [4.78, 5) is 23.3. The van der Waals surface area contributed by atoms with Crippen molar-refractivity contribution in [2.45, 2.75) is 0 Å². The van der Waals surface area contributed by atoms with Crippen molar-refractivity contribution < 1.29 is 20.2 Å². The van der Waals surface area contributed by atoms with Gasteiger partial charge in [0.1, 0.15) is 10.7 Å². The number of carbonyl (C=O) groups is 1. The first-order valence-electron chi connectivity index (χ1n) is 6.40. The quantitative estimate of drug-likeness (QED) is 0.429. The molecule has 1 aromatic heterocycles. The van der Waals surface area contributed by atoms with Crippen molar-refractivity contribution in [3.8, 4) is 11.3 Å². The van der Waals surface area contributed by atoms with Crippen LogP contribution in [0, 0.1) is 4.91 Å². The van der Waals surface area contributed by atoms with E-state index in [1.807, 2.05) is 0 Å². The molecular weight excluding hydrogens is 306 g/mol. The van der Waals surface area contributed by atoms with Crippen molar-refractivity contribution in [1.82, 2.24) is 4.73 Å². The largest absolute Gasteiger partial charge is 0.446 e. The molecule has 0 fully saturated rings. The Morgan fingerprint density at radius 3 is 2.50 bits per heavy atom. The van der Waals surface area contributed by atoms with E-state index >= 15 is 0 Å². The molecule has 0 aliphatic heterocycles. The lowest BCUT2D eigenvalue weighted by Crippen LogP contribution is -2.50. The highest BCUT2D eigenvalue weighted by molar-refractivity contribution is 6.30. The molecule has 0 amide bonds. The van der Waals surface area contributed by atoms with Gasteiger partial charge in [-0.1, -0.05) is 23.7 Å². The van der Waals surface area contributed by atoms with E-state index in [4.69, 9.17) is 11.6 Å². The molecule has 2 aromatic carbocycles. The molecule has 22 heavy (non-hydrogen) atoms. The molecule has 6 nitrogen and oxygen atoms in total. The first-order chi connectivity index (χ1) is 10.5. The maximum atomic E-state index is 12.4. The first kappa shape index (κ1) is 14.2. The zero-order chi connectivity index (χ0) is 15.9. The van der Waals surface area contributed by atoms with Crippen molar-refractivity contribution in [2.24, 2.45) is 0 Å². The number of hydrogen-bond donors (Lipinski definition) is 2. The van der Waals surface area contributed by atoms with Gasteiger partial charge in [-0.25, -0.2) is 0 Å². The number of halogens is 1. The third-order valence-electron chi connectivity index (χ3n) is 3.43. The van der Waals surface area contributed by atoms with Gasteiger partial charge in [0.15, 0.2) is 5.52 Å². The first-order valence-corrected chi connectivity index (χ1v) is 6.78. The number of aromatic nitrogens is 2. The fraction of sp³-hybridized carbons (Fsp3) is 0. The molecule has 0 atom stereocenters. The van der Waals surface area contributed by atoms with Crippen LogP contribution in [0.5, 0.6) is 0 Å². The monoisotopic (exact) mass is 317 g/mol. The second kappa shape index (κ2) is 5.25. The molecule has 3 rings (SSSR count). The Bertz CT molecular complexity index is 949. The molecule has 0 unspecified atom stereocenters. The molecule has 0 aliphatic carbocycles. The maximum absolute atomic E-state index is 12.4. The van der Waals surface area contributed by atoms with Gasteiger partial charge in [0.2, 0.25) is 5.69 Å². The minimum absolute atomic E-state index is 0.0937. The van der Waals surface area contributed by atoms with E-state index in [2.05, 4.69) is 5.73 Å². The van der Waals surface area contributed by atoms with Crippen LogP contribution in [0.15, 0.2) is 42.5 Å². The van der Waals surface area contributed by atoms with Gasteiger partial charge in [0, 0.05) is 27.1 Å². The summed E-state index contributed by atoms with van der Waals surface area (Å²) in [5.74, 6) is 0.0937. The molecule has 0 saturated heterocycles. The number of quaternary nitrogens is 1. The predicted octanol–water partition coefficient (Wildman–Crippen LogP) is 1.80. The van der Waals surface area contributed by atoms with E-state index in [9.17, 15) is 14.9 Å². The summed E-state index contributed by atoms with van der Waals surface area (Å²) in [6.45, 7) is 0. The van der Waals surface area contributed by atoms with Gasteiger partial charge in [-0.15, -0.1) is 0 Å². The van der Waals surface area contributed by atoms with Crippen LogP contribution in [0.1, 0.15) is 10.4 Å². The Balaban J connectivity index is 2.42. The smallest absolute Gasteiger partial charge is 0.427 e. The molecule has 0 radical (unpaired) electrons. The van der Waals surface area contributed by atoms with Crippen LogP contribution in [0.4, 0.5) is 5.82 Å². The van der Waals surface area contributed by atoms with Crippen molar-refractivity contribution in [3.63, 3.8) is 0 Å². The highest BCUT2D eigenvalue weighted by Crippen LogP contribution is 2.26. The minimum Gasteiger partial charge on any atom is -0.427 e. The average Bonchev–Trinajstić information content (AvgIpc) is 2.54. The fourth-order valence-electron chi connectivity index (χ4n) is 2.34. The van der Waals surface area contributed by atoms with E-state index in [0.717, 1.165) is 4.73 Å². The van der Waals surface area contributed by atoms with Crippen LogP contribution >= 0.6 is 11.6 Å². The van der Waals surface area contributed by atoms with Crippen LogP contribution in [-0.2, 0) is 0 Å². The summed E-state index contributed by atoms with van der Waals surface area (Å²) >= 11 is 5.85. The highest BCUT2D eigenvalue weighted by atomic mass is 35.5. The standard InChI is InChI=1S/C15H11ClN3O3/c16-11-4-2-10(3-5-11)14-15(17)19(22)12-6-1-9(8-20)7-13(12)18(14)21/h1-8,21H,17H2/q+1/p+1. The van der Waals surface area contributed by atoms with Gasteiger partial charge in [-0.2, -0.15) is 4.73 Å². The molecule has 0 aliphatic rings. The summed E-state index contributed by atoms with van der Waals surface area (Å²) in [5.41, 5.74) is 5.35. The number of carbonyl (C=O) groups excluding carboxylic acids is 1. The Morgan fingerprint density at radius 2 is 1.86 bits per heavy atom. The average molecular weight is 318 g/mol. The van der Waals surface area contributed by atoms with Crippen LogP contribution < -0.4 is 10.2 Å². The molecular formula is C15H12ClN3O3+2. The SMILES string of the molecule is [NH3+]c1c(-c2ccc(Cl)cc2)n(O)c2cc(C=O)ccc2[n+]1=O. The Labute approximate surface area is 129 Å². The van der Waals surface area contributed by atoms with Crippen molar-refractivity contribution in [3.05, 3.63) is 58.0 Å². The van der Waals surface area contributed by atoms with Crippen molar-refractivity contribution in [1.29, 1.82) is 0 Å². The Morgan fingerprint density at radius 1 is 1.18 bits per heavy atom. The van der Waals surface area contributed by atoms with Crippen LogP contribution in [0.2, 0.25) is 5.02 Å². The number of benzene rings is 2. The van der Waals surface area contributed by atoms with Crippen LogP contribution in [-0.4, -0.2) is 16.2 Å². The zero-order valence-electron chi connectivity index (χ0n) is 11.4. The molecule has 0 spiro atoms. The zero-order valence-corrected chi connectivity index (χ0v) is 12.1. The lowest BCUT2D eigenvalue weighted by molar-refractivity contribution is -0.535. The van der Waals surface area contributed by atoms with Gasteiger partial charge in [0.25, 0.3) is 5.52 Å².